The molecule has 26 heavy (non-hydrogen) atoms. The summed E-state index contributed by atoms with van der Waals surface area (Å²) in [6.45, 7) is -0.0937. The molecule has 7 heteroatoms. The van der Waals surface area contributed by atoms with Crippen LogP contribution >= 0.6 is 23.8 Å². The second kappa shape index (κ2) is 9.08. The highest BCUT2D eigenvalue weighted by molar-refractivity contribution is 7.92. The van der Waals surface area contributed by atoms with Gasteiger partial charge in [-0.05, 0) is 41.3 Å². The summed E-state index contributed by atoms with van der Waals surface area (Å²) < 4.78 is 11.1. The zero-order valence-electron chi connectivity index (χ0n) is 14.2. The van der Waals surface area contributed by atoms with Crippen molar-refractivity contribution in [3.8, 4) is 5.75 Å². The van der Waals surface area contributed by atoms with E-state index >= 15 is 0 Å². The van der Waals surface area contributed by atoms with Crippen molar-refractivity contribution in [3.63, 3.8) is 0 Å². The Bertz CT molecular complexity index is 728. The van der Waals surface area contributed by atoms with Gasteiger partial charge < -0.3 is 19.1 Å². The number of rotatable bonds is 6. The summed E-state index contributed by atoms with van der Waals surface area (Å²) in [5, 5.41) is 25.4. The summed E-state index contributed by atoms with van der Waals surface area (Å²) in [5.41, 5.74) is 3.03. The van der Waals surface area contributed by atoms with Gasteiger partial charge in [-0.3, -0.25) is 0 Å². The average molecular weight is 396 g/mol. The van der Waals surface area contributed by atoms with Gasteiger partial charge in [0.05, 0.1) is 24.9 Å². The van der Waals surface area contributed by atoms with Gasteiger partial charge in [-0.15, -0.1) is 0 Å². The van der Waals surface area contributed by atoms with Crippen LogP contribution in [-0.2, 0) is 11.2 Å². The first kappa shape index (κ1) is 19.5. The van der Waals surface area contributed by atoms with Crippen LogP contribution in [0.1, 0.15) is 35.6 Å². The van der Waals surface area contributed by atoms with Crippen molar-refractivity contribution in [2.45, 2.75) is 37.6 Å². The number of aliphatic hydroxyl groups excluding tert-OH is 2. The third-order valence-corrected chi connectivity index (χ3v) is 5.14. The average Bonchev–Trinajstić information content (AvgIpc) is 2.64. The van der Waals surface area contributed by atoms with Crippen molar-refractivity contribution in [1.82, 2.24) is 0 Å². The minimum absolute atomic E-state index is 0.0937. The molecule has 3 unspecified atom stereocenters. The van der Waals surface area contributed by atoms with Crippen LogP contribution in [0, 0.1) is 0 Å². The van der Waals surface area contributed by atoms with Crippen molar-refractivity contribution in [1.29, 1.82) is 0 Å². The molecule has 0 aromatic heterocycles. The molecule has 1 aliphatic rings. The molecular formula is C19H22ClNO4S. The van der Waals surface area contributed by atoms with Crippen molar-refractivity contribution in [3.05, 3.63) is 64.2 Å². The molecule has 1 saturated heterocycles. The molecule has 0 aliphatic carbocycles. The zero-order valence-corrected chi connectivity index (χ0v) is 15.7. The predicted molar refractivity (Wildman–Crippen MR) is 103 cm³/mol. The van der Waals surface area contributed by atoms with E-state index in [2.05, 4.69) is 0 Å². The molecule has 0 bridgehead atoms. The number of hydrogen-bond acceptors (Lipinski definition) is 6. The van der Waals surface area contributed by atoms with E-state index in [-0.39, 0.29) is 18.8 Å². The molecule has 1 aliphatic heterocycles. The van der Waals surface area contributed by atoms with Crippen LogP contribution in [0.4, 0.5) is 0 Å². The lowest BCUT2D eigenvalue weighted by molar-refractivity contribution is -0.113. The maximum atomic E-state index is 10.0. The number of benzene rings is 2. The van der Waals surface area contributed by atoms with Crippen molar-refractivity contribution in [2.24, 2.45) is 5.14 Å². The summed E-state index contributed by atoms with van der Waals surface area (Å²) in [7, 11) is 0. The van der Waals surface area contributed by atoms with Gasteiger partial charge in [0.1, 0.15) is 18.0 Å². The largest absolute Gasteiger partial charge is 0.410 e. The van der Waals surface area contributed by atoms with Crippen LogP contribution in [0.5, 0.6) is 5.75 Å². The van der Waals surface area contributed by atoms with E-state index in [9.17, 15) is 10.2 Å². The SMILES string of the molecule is NSOc1ccc(Cc2cc(C3CC(O)CC(CO)O3)ccc2Cl)cc1. The van der Waals surface area contributed by atoms with E-state index in [0.29, 0.717) is 30.0 Å². The maximum absolute atomic E-state index is 10.0. The highest BCUT2D eigenvalue weighted by Gasteiger charge is 2.29. The standard InChI is InChI=1S/C19H22ClNO4S/c20-18-6-3-13(19-10-15(23)9-17(11-22)24-19)8-14(18)7-12-1-4-16(5-2-12)25-26-21/h1-6,8,15,17,19,22-23H,7,9-11,21H2. The number of halogens is 1. The van der Waals surface area contributed by atoms with Gasteiger partial charge in [-0.2, -0.15) is 0 Å². The fourth-order valence-corrected chi connectivity index (χ4v) is 3.60. The Labute approximate surface area is 162 Å². The van der Waals surface area contributed by atoms with Crippen LogP contribution in [0.2, 0.25) is 5.02 Å². The second-order valence-corrected chi connectivity index (χ2v) is 7.17. The van der Waals surface area contributed by atoms with Crippen molar-refractivity contribution >= 4 is 23.8 Å². The molecule has 2 aromatic rings. The van der Waals surface area contributed by atoms with Crippen molar-refractivity contribution in [2.75, 3.05) is 6.61 Å². The summed E-state index contributed by atoms with van der Waals surface area (Å²) >= 11 is 7.19. The molecule has 0 spiro atoms. The minimum Gasteiger partial charge on any atom is -0.410 e. The van der Waals surface area contributed by atoms with Crippen LogP contribution < -0.4 is 9.32 Å². The lowest BCUT2D eigenvalue weighted by Gasteiger charge is -2.32. The van der Waals surface area contributed by atoms with Gasteiger partial charge in [-0.25, -0.2) is 5.14 Å². The summed E-state index contributed by atoms with van der Waals surface area (Å²) in [6.07, 6.45) is 0.586. The number of nitrogens with two attached hydrogens (primary N) is 1. The predicted octanol–water partition coefficient (Wildman–Crippen LogP) is 3.40. The summed E-state index contributed by atoms with van der Waals surface area (Å²) in [4.78, 5) is 0. The fraction of sp³-hybridized carbons (Fsp3) is 0.368. The molecular weight excluding hydrogens is 374 g/mol. The molecule has 0 radical (unpaired) electrons. The van der Waals surface area contributed by atoms with Gasteiger partial charge in [0.25, 0.3) is 0 Å². The Morgan fingerprint density at radius 2 is 1.96 bits per heavy atom. The first-order valence-corrected chi connectivity index (χ1v) is 9.62. The fourth-order valence-electron chi connectivity index (χ4n) is 3.19. The van der Waals surface area contributed by atoms with Crippen LogP contribution in [0.3, 0.4) is 0 Å². The van der Waals surface area contributed by atoms with Gasteiger partial charge in [0, 0.05) is 17.9 Å². The van der Waals surface area contributed by atoms with Gasteiger partial charge in [-0.1, -0.05) is 35.9 Å². The quantitative estimate of drug-likeness (QED) is 0.513. The summed E-state index contributed by atoms with van der Waals surface area (Å²) in [5.74, 6) is 0.695. The van der Waals surface area contributed by atoms with Crippen LogP contribution in [-0.4, -0.2) is 29.0 Å². The Balaban J connectivity index is 1.77. The van der Waals surface area contributed by atoms with E-state index in [1.165, 1.54) is 0 Å². The maximum Gasteiger partial charge on any atom is 0.140 e. The Morgan fingerprint density at radius 1 is 1.19 bits per heavy atom. The molecule has 0 amide bonds. The second-order valence-electron chi connectivity index (χ2n) is 6.41. The van der Waals surface area contributed by atoms with Crippen LogP contribution in [0.15, 0.2) is 42.5 Å². The van der Waals surface area contributed by atoms with E-state index < -0.39 is 6.10 Å². The smallest absolute Gasteiger partial charge is 0.140 e. The monoisotopic (exact) mass is 395 g/mol. The lowest BCUT2D eigenvalue weighted by Crippen LogP contribution is -2.33. The molecule has 4 N–H and O–H groups in total. The molecule has 0 saturated carbocycles. The molecule has 5 nitrogen and oxygen atoms in total. The van der Waals surface area contributed by atoms with Crippen LogP contribution in [0.25, 0.3) is 0 Å². The zero-order chi connectivity index (χ0) is 18.5. The van der Waals surface area contributed by atoms with E-state index in [0.717, 1.165) is 28.9 Å². The third kappa shape index (κ3) is 4.91. The highest BCUT2D eigenvalue weighted by atomic mass is 35.5. The minimum atomic E-state index is -0.474. The van der Waals surface area contributed by atoms with E-state index in [1.54, 1.807) is 0 Å². The van der Waals surface area contributed by atoms with E-state index in [4.69, 9.17) is 25.7 Å². The lowest BCUT2D eigenvalue weighted by atomic mass is 9.94. The van der Waals surface area contributed by atoms with Crippen molar-refractivity contribution < 1.29 is 19.1 Å². The number of hydrogen-bond donors (Lipinski definition) is 3. The molecule has 1 fully saturated rings. The Morgan fingerprint density at radius 3 is 2.65 bits per heavy atom. The van der Waals surface area contributed by atoms with Gasteiger partial charge in [0.2, 0.25) is 0 Å². The topological polar surface area (TPSA) is 84.9 Å². The molecule has 3 atom stereocenters. The first-order chi connectivity index (χ1) is 12.6. The molecule has 3 rings (SSSR count). The molecule has 2 aromatic carbocycles. The van der Waals surface area contributed by atoms with E-state index in [1.807, 2.05) is 42.5 Å². The normalized spacial score (nSPS) is 23.0. The number of aliphatic hydroxyl groups is 2. The highest BCUT2D eigenvalue weighted by Crippen LogP contribution is 2.33. The Hall–Kier alpha value is -1.28. The van der Waals surface area contributed by atoms with Gasteiger partial charge >= 0.3 is 0 Å². The third-order valence-electron chi connectivity index (χ3n) is 4.49. The molecule has 140 valence electrons. The molecule has 1 heterocycles. The van der Waals surface area contributed by atoms with Gasteiger partial charge in [0.15, 0.2) is 0 Å². The first-order valence-electron chi connectivity index (χ1n) is 8.44. The Kier molecular flexibility index (Phi) is 6.80. The number of ether oxygens (including phenoxy) is 1. The summed E-state index contributed by atoms with van der Waals surface area (Å²) in [6, 6.07) is 13.4.